The van der Waals surface area contributed by atoms with Gasteiger partial charge in [-0.3, -0.25) is 9.59 Å². The molecule has 0 fully saturated rings. The number of carbonyl (C=O) groups excluding carboxylic acids is 2. The standard InChI is InChI=1S/C25H24FN3O2/c1-27-22(30)15-29(2)25(31)23-19-7-3-4-9-21(19)28-24-17(6-5-8-20(23)24)14-16-10-12-18(26)13-11-16/h3-4,7,9-14H,5-6,8,15H2,1-2H3,(H,27,30)/b17-14+. The van der Waals surface area contributed by atoms with E-state index >= 15 is 0 Å². The summed E-state index contributed by atoms with van der Waals surface area (Å²) in [5.41, 5.74) is 4.99. The van der Waals surface area contributed by atoms with E-state index in [-0.39, 0.29) is 24.2 Å². The Kier molecular flexibility index (Phi) is 5.80. The van der Waals surface area contributed by atoms with Crippen LogP contribution in [0.15, 0.2) is 48.5 Å². The summed E-state index contributed by atoms with van der Waals surface area (Å²) in [4.78, 5) is 31.6. The van der Waals surface area contributed by atoms with Gasteiger partial charge in [0.25, 0.3) is 5.91 Å². The van der Waals surface area contributed by atoms with Gasteiger partial charge in [0.15, 0.2) is 0 Å². The fourth-order valence-corrected chi connectivity index (χ4v) is 4.04. The fourth-order valence-electron chi connectivity index (χ4n) is 4.04. The summed E-state index contributed by atoms with van der Waals surface area (Å²) in [6, 6.07) is 13.9. The Balaban J connectivity index is 1.86. The van der Waals surface area contributed by atoms with Crippen LogP contribution < -0.4 is 5.32 Å². The van der Waals surface area contributed by atoms with E-state index in [1.54, 1.807) is 26.2 Å². The highest BCUT2D eigenvalue weighted by Gasteiger charge is 2.27. The van der Waals surface area contributed by atoms with E-state index < -0.39 is 0 Å². The molecule has 31 heavy (non-hydrogen) atoms. The molecular weight excluding hydrogens is 393 g/mol. The van der Waals surface area contributed by atoms with Crippen molar-refractivity contribution in [2.45, 2.75) is 19.3 Å². The number of para-hydroxylation sites is 1. The van der Waals surface area contributed by atoms with Gasteiger partial charge in [-0.15, -0.1) is 0 Å². The first-order chi connectivity index (χ1) is 15.0. The number of carbonyl (C=O) groups is 2. The van der Waals surface area contributed by atoms with Crippen molar-refractivity contribution in [2.75, 3.05) is 20.6 Å². The van der Waals surface area contributed by atoms with Crippen LogP contribution in [0.2, 0.25) is 0 Å². The van der Waals surface area contributed by atoms with Gasteiger partial charge < -0.3 is 10.2 Å². The number of hydrogen-bond acceptors (Lipinski definition) is 3. The molecule has 1 aliphatic carbocycles. The van der Waals surface area contributed by atoms with E-state index in [2.05, 4.69) is 5.32 Å². The van der Waals surface area contributed by atoms with E-state index in [1.807, 2.05) is 30.3 Å². The molecule has 158 valence electrons. The molecule has 1 heterocycles. The number of benzene rings is 2. The molecule has 0 aliphatic heterocycles. The molecule has 2 amide bonds. The van der Waals surface area contributed by atoms with Crippen molar-refractivity contribution < 1.29 is 14.0 Å². The number of amides is 2. The van der Waals surface area contributed by atoms with Crippen molar-refractivity contribution in [3.8, 4) is 0 Å². The lowest BCUT2D eigenvalue weighted by atomic mass is 9.85. The largest absolute Gasteiger partial charge is 0.358 e. The molecule has 0 saturated carbocycles. The first-order valence-electron chi connectivity index (χ1n) is 10.3. The zero-order valence-electron chi connectivity index (χ0n) is 17.6. The first-order valence-corrected chi connectivity index (χ1v) is 10.3. The van der Waals surface area contributed by atoms with Crippen molar-refractivity contribution in [1.29, 1.82) is 0 Å². The van der Waals surface area contributed by atoms with Crippen molar-refractivity contribution in [3.05, 3.63) is 76.7 Å². The maximum absolute atomic E-state index is 13.4. The van der Waals surface area contributed by atoms with Crippen LogP contribution in [0.5, 0.6) is 0 Å². The van der Waals surface area contributed by atoms with Crippen LogP contribution in [0.1, 0.15) is 40.0 Å². The number of halogens is 1. The zero-order chi connectivity index (χ0) is 22.0. The van der Waals surface area contributed by atoms with Crippen LogP contribution in [0.3, 0.4) is 0 Å². The molecule has 1 N–H and O–H groups in total. The number of nitrogens with one attached hydrogen (secondary N) is 1. The lowest BCUT2D eigenvalue weighted by Gasteiger charge is -2.25. The summed E-state index contributed by atoms with van der Waals surface area (Å²) in [5, 5.41) is 3.35. The first kappa shape index (κ1) is 20.7. The molecule has 0 bridgehead atoms. The highest BCUT2D eigenvalue weighted by Crippen LogP contribution is 2.36. The van der Waals surface area contributed by atoms with Crippen LogP contribution in [0, 0.1) is 5.82 Å². The summed E-state index contributed by atoms with van der Waals surface area (Å²) < 4.78 is 13.3. The van der Waals surface area contributed by atoms with Gasteiger partial charge in [0.1, 0.15) is 5.82 Å². The van der Waals surface area contributed by atoms with Crippen LogP contribution >= 0.6 is 0 Å². The number of likely N-dealkylation sites (N-methyl/N-ethyl adjacent to an activating group) is 2. The maximum Gasteiger partial charge on any atom is 0.255 e. The topological polar surface area (TPSA) is 62.3 Å². The molecule has 2 aromatic carbocycles. The Labute approximate surface area is 180 Å². The number of fused-ring (bicyclic) bond motifs is 2. The van der Waals surface area contributed by atoms with Crippen molar-refractivity contribution in [2.24, 2.45) is 0 Å². The van der Waals surface area contributed by atoms with Crippen molar-refractivity contribution in [3.63, 3.8) is 0 Å². The molecule has 0 unspecified atom stereocenters. The molecule has 0 saturated heterocycles. The van der Waals surface area contributed by atoms with Gasteiger partial charge in [0.05, 0.1) is 23.3 Å². The second kappa shape index (κ2) is 8.68. The molecule has 1 aliphatic rings. The minimum Gasteiger partial charge on any atom is -0.358 e. The van der Waals surface area contributed by atoms with Crippen molar-refractivity contribution in [1.82, 2.24) is 15.2 Å². The fraction of sp³-hybridized carbons (Fsp3) is 0.240. The average Bonchev–Trinajstić information content (AvgIpc) is 2.78. The summed E-state index contributed by atoms with van der Waals surface area (Å²) in [6.07, 6.45) is 4.47. The van der Waals surface area contributed by atoms with Gasteiger partial charge in [-0.25, -0.2) is 9.37 Å². The van der Waals surface area contributed by atoms with Gasteiger partial charge in [-0.05, 0) is 60.2 Å². The summed E-state index contributed by atoms with van der Waals surface area (Å²) in [7, 11) is 3.19. The van der Waals surface area contributed by atoms with Gasteiger partial charge in [-0.1, -0.05) is 30.3 Å². The molecular formula is C25H24FN3O2. The molecule has 6 heteroatoms. The smallest absolute Gasteiger partial charge is 0.255 e. The molecule has 0 radical (unpaired) electrons. The Hall–Kier alpha value is -3.54. The number of allylic oxidation sites excluding steroid dienone is 1. The van der Waals surface area contributed by atoms with Crippen LogP contribution in [-0.2, 0) is 11.2 Å². The number of hydrogen-bond donors (Lipinski definition) is 1. The molecule has 3 aromatic rings. The number of pyridine rings is 1. The number of rotatable bonds is 4. The zero-order valence-corrected chi connectivity index (χ0v) is 17.6. The molecule has 0 atom stereocenters. The lowest BCUT2D eigenvalue weighted by molar-refractivity contribution is -0.121. The minimum absolute atomic E-state index is 0.0148. The third-order valence-electron chi connectivity index (χ3n) is 5.60. The van der Waals surface area contributed by atoms with E-state index in [0.717, 1.165) is 52.6 Å². The van der Waals surface area contributed by atoms with E-state index in [1.165, 1.54) is 17.0 Å². The van der Waals surface area contributed by atoms with Crippen LogP contribution in [0.4, 0.5) is 4.39 Å². The van der Waals surface area contributed by atoms with Gasteiger partial charge >= 0.3 is 0 Å². The lowest BCUT2D eigenvalue weighted by Crippen LogP contribution is -2.37. The summed E-state index contributed by atoms with van der Waals surface area (Å²) >= 11 is 0. The van der Waals surface area contributed by atoms with Crippen LogP contribution in [-0.4, -0.2) is 42.3 Å². The average molecular weight is 417 g/mol. The molecule has 1 aromatic heterocycles. The SMILES string of the molecule is CNC(=O)CN(C)C(=O)c1c2c(nc3ccccc13)/C(=C/c1ccc(F)cc1)CCC2. The molecule has 5 nitrogen and oxygen atoms in total. The summed E-state index contributed by atoms with van der Waals surface area (Å²) in [6.45, 7) is -0.0148. The molecule has 0 spiro atoms. The second-order valence-electron chi connectivity index (χ2n) is 7.74. The van der Waals surface area contributed by atoms with E-state index in [9.17, 15) is 14.0 Å². The number of nitrogens with zero attached hydrogens (tertiary/aromatic N) is 2. The second-order valence-corrected chi connectivity index (χ2v) is 7.74. The highest BCUT2D eigenvalue weighted by atomic mass is 19.1. The van der Waals surface area contributed by atoms with Gasteiger partial charge in [0.2, 0.25) is 5.91 Å². The third-order valence-corrected chi connectivity index (χ3v) is 5.60. The predicted molar refractivity (Wildman–Crippen MR) is 120 cm³/mol. The monoisotopic (exact) mass is 417 g/mol. The summed E-state index contributed by atoms with van der Waals surface area (Å²) in [5.74, 6) is -0.691. The van der Waals surface area contributed by atoms with Crippen LogP contribution in [0.25, 0.3) is 22.6 Å². The molecule has 4 rings (SSSR count). The van der Waals surface area contributed by atoms with E-state index in [0.29, 0.717) is 5.56 Å². The third kappa shape index (κ3) is 4.19. The van der Waals surface area contributed by atoms with Gasteiger partial charge in [0, 0.05) is 19.5 Å². The van der Waals surface area contributed by atoms with Crippen molar-refractivity contribution >= 4 is 34.4 Å². The predicted octanol–water partition coefficient (Wildman–Crippen LogP) is 4.07. The normalized spacial score (nSPS) is 14.4. The Morgan fingerprint density at radius 2 is 1.87 bits per heavy atom. The van der Waals surface area contributed by atoms with Gasteiger partial charge in [-0.2, -0.15) is 0 Å². The van der Waals surface area contributed by atoms with E-state index in [4.69, 9.17) is 4.98 Å². The Morgan fingerprint density at radius 1 is 1.13 bits per heavy atom. The Bertz CT molecular complexity index is 1190. The number of aromatic nitrogens is 1. The minimum atomic E-state index is -0.276. The quantitative estimate of drug-likeness (QED) is 0.696. The Morgan fingerprint density at radius 3 is 2.61 bits per heavy atom. The highest BCUT2D eigenvalue weighted by molar-refractivity contribution is 6.09. The maximum atomic E-state index is 13.4.